The van der Waals surface area contributed by atoms with Crippen LogP contribution in [-0.4, -0.2) is 23.9 Å². The summed E-state index contributed by atoms with van der Waals surface area (Å²) in [6, 6.07) is 15.2. The van der Waals surface area contributed by atoms with Crippen molar-refractivity contribution in [2.24, 2.45) is 0 Å². The monoisotopic (exact) mass is 411 g/mol. The molecule has 0 aliphatic rings. The Balaban J connectivity index is 2.09. The van der Waals surface area contributed by atoms with E-state index in [-0.39, 0.29) is 16.3 Å². The first kappa shape index (κ1) is 21.7. The van der Waals surface area contributed by atoms with Crippen molar-refractivity contribution in [3.8, 4) is 6.07 Å². The van der Waals surface area contributed by atoms with Gasteiger partial charge in [0, 0.05) is 12.6 Å². The number of esters is 1. The highest BCUT2D eigenvalue weighted by Gasteiger charge is 2.21. The quantitative estimate of drug-likeness (QED) is 0.560. The van der Waals surface area contributed by atoms with Crippen molar-refractivity contribution in [3.63, 3.8) is 0 Å². The predicted octanol–water partition coefficient (Wildman–Crippen LogP) is 3.26. The average molecular weight is 412 g/mol. The first-order valence-corrected chi connectivity index (χ1v) is 8.93. The smallest absolute Gasteiger partial charge is 0.355 e. The van der Waals surface area contributed by atoms with Gasteiger partial charge in [-0.3, -0.25) is 9.59 Å². The van der Waals surface area contributed by atoms with Crippen molar-refractivity contribution in [1.29, 1.82) is 5.26 Å². The van der Waals surface area contributed by atoms with Crippen molar-refractivity contribution in [2.45, 2.75) is 20.0 Å². The topological polar surface area (TPSA) is 108 Å². The van der Waals surface area contributed by atoms with E-state index in [2.05, 4.69) is 10.6 Å². The van der Waals surface area contributed by atoms with Gasteiger partial charge in [-0.1, -0.05) is 41.9 Å². The zero-order valence-electron chi connectivity index (χ0n) is 15.7. The fraction of sp³-hybridized carbons (Fsp3) is 0.143. The van der Waals surface area contributed by atoms with Gasteiger partial charge in [0.05, 0.1) is 10.6 Å². The summed E-state index contributed by atoms with van der Waals surface area (Å²) >= 11 is 5.94. The molecular formula is C21H18ClN3O4. The summed E-state index contributed by atoms with van der Waals surface area (Å²) in [4.78, 5) is 36.2. The minimum atomic E-state index is -1.15. The Bertz CT molecular complexity index is 997. The molecule has 0 radical (unpaired) electrons. The third kappa shape index (κ3) is 6.48. The van der Waals surface area contributed by atoms with Crippen LogP contribution >= 0.6 is 11.6 Å². The van der Waals surface area contributed by atoms with Gasteiger partial charge in [-0.25, -0.2) is 4.79 Å². The number of carbonyl (C=O) groups excluding carboxylic acids is 3. The van der Waals surface area contributed by atoms with Gasteiger partial charge in [0.25, 0.3) is 5.91 Å². The molecule has 2 aromatic rings. The molecule has 0 saturated heterocycles. The first-order chi connectivity index (χ1) is 13.8. The molecule has 0 heterocycles. The van der Waals surface area contributed by atoms with Gasteiger partial charge < -0.3 is 15.4 Å². The third-order valence-corrected chi connectivity index (χ3v) is 3.96. The number of halogens is 1. The number of benzene rings is 2. The van der Waals surface area contributed by atoms with E-state index in [1.165, 1.54) is 38.1 Å². The van der Waals surface area contributed by atoms with Crippen LogP contribution in [0, 0.1) is 11.3 Å². The van der Waals surface area contributed by atoms with Crippen LogP contribution < -0.4 is 10.6 Å². The lowest BCUT2D eigenvalue weighted by Crippen LogP contribution is -2.33. The fourth-order valence-corrected chi connectivity index (χ4v) is 2.48. The normalized spacial score (nSPS) is 11.7. The molecular weight excluding hydrogens is 394 g/mol. The lowest BCUT2D eigenvalue weighted by Gasteiger charge is -2.15. The molecule has 0 unspecified atom stereocenters. The third-order valence-electron chi connectivity index (χ3n) is 3.65. The number of ether oxygens (including phenoxy) is 1. The molecule has 0 saturated carbocycles. The lowest BCUT2D eigenvalue weighted by molar-refractivity contribution is -0.149. The van der Waals surface area contributed by atoms with E-state index in [0.717, 1.165) is 0 Å². The van der Waals surface area contributed by atoms with Crippen LogP contribution in [-0.2, 0) is 19.1 Å². The molecule has 1 atom stereocenters. The Kier molecular flexibility index (Phi) is 7.52. The van der Waals surface area contributed by atoms with E-state index < -0.39 is 23.9 Å². The van der Waals surface area contributed by atoms with Crippen molar-refractivity contribution < 1.29 is 19.1 Å². The minimum Gasteiger partial charge on any atom is -0.448 e. The minimum absolute atomic E-state index is 0.0928. The highest BCUT2D eigenvalue weighted by molar-refractivity contribution is 6.32. The van der Waals surface area contributed by atoms with E-state index in [0.29, 0.717) is 11.3 Å². The standard InChI is InChI=1S/C21H18ClN3O4/c1-13(20(27)25-17-9-8-16(12-23)18(22)11-17)29-21(28)19(24-14(2)26)10-15-6-4-3-5-7-15/h3-11,13H,1-2H3,(H,24,26)(H,25,27)/b19-10-/t13-/m0/s1. The second-order valence-corrected chi connectivity index (χ2v) is 6.40. The molecule has 0 fully saturated rings. The van der Waals surface area contributed by atoms with Crippen LogP contribution in [0.25, 0.3) is 6.08 Å². The Labute approximate surface area is 172 Å². The number of carbonyl (C=O) groups is 3. The van der Waals surface area contributed by atoms with E-state index >= 15 is 0 Å². The van der Waals surface area contributed by atoms with Crippen LogP contribution in [0.5, 0.6) is 0 Å². The maximum Gasteiger partial charge on any atom is 0.355 e. The van der Waals surface area contributed by atoms with Crippen LogP contribution in [0.4, 0.5) is 5.69 Å². The molecule has 29 heavy (non-hydrogen) atoms. The maximum absolute atomic E-state index is 12.4. The number of nitriles is 1. The predicted molar refractivity (Wildman–Crippen MR) is 109 cm³/mol. The molecule has 0 bridgehead atoms. The van der Waals surface area contributed by atoms with Crippen molar-refractivity contribution >= 4 is 41.1 Å². The summed E-state index contributed by atoms with van der Waals surface area (Å²) in [5.41, 5.74) is 1.21. The van der Waals surface area contributed by atoms with Gasteiger partial charge in [-0.05, 0) is 36.8 Å². The number of hydrogen-bond donors (Lipinski definition) is 2. The summed E-state index contributed by atoms with van der Waals surface area (Å²) in [7, 11) is 0. The zero-order chi connectivity index (χ0) is 21.4. The second-order valence-electron chi connectivity index (χ2n) is 5.99. The molecule has 0 spiro atoms. The van der Waals surface area contributed by atoms with E-state index in [1.54, 1.807) is 24.3 Å². The first-order valence-electron chi connectivity index (χ1n) is 8.56. The summed E-state index contributed by atoms with van der Waals surface area (Å²) < 4.78 is 5.18. The van der Waals surface area contributed by atoms with Crippen molar-refractivity contribution in [1.82, 2.24) is 5.32 Å². The highest BCUT2D eigenvalue weighted by atomic mass is 35.5. The Hall–Kier alpha value is -3.63. The van der Waals surface area contributed by atoms with Crippen molar-refractivity contribution in [3.05, 3.63) is 70.4 Å². The SMILES string of the molecule is CC(=O)N/C(=C\c1ccccc1)C(=O)O[C@@H](C)C(=O)Nc1ccc(C#N)c(Cl)c1. The molecule has 0 aliphatic heterocycles. The van der Waals surface area contributed by atoms with Crippen molar-refractivity contribution in [2.75, 3.05) is 5.32 Å². The van der Waals surface area contributed by atoms with Gasteiger partial charge >= 0.3 is 5.97 Å². The summed E-state index contributed by atoms with van der Waals surface area (Å²) in [6.45, 7) is 2.66. The molecule has 2 N–H and O–H groups in total. The lowest BCUT2D eigenvalue weighted by atomic mass is 10.2. The van der Waals surface area contributed by atoms with Gasteiger partial charge in [-0.2, -0.15) is 5.26 Å². The number of nitrogens with one attached hydrogen (secondary N) is 2. The summed E-state index contributed by atoms with van der Waals surface area (Å²) in [5, 5.41) is 14.0. The highest BCUT2D eigenvalue weighted by Crippen LogP contribution is 2.20. The van der Waals surface area contributed by atoms with Gasteiger partial charge in [-0.15, -0.1) is 0 Å². The largest absolute Gasteiger partial charge is 0.448 e. The van der Waals surface area contributed by atoms with E-state index in [9.17, 15) is 14.4 Å². The Morgan fingerprint density at radius 2 is 1.86 bits per heavy atom. The molecule has 148 valence electrons. The number of rotatable bonds is 6. The molecule has 0 aromatic heterocycles. The zero-order valence-corrected chi connectivity index (χ0v) is 16.5. The number of hydrogen-bond acceptors (Lipinski definition) is 5. The maximum atomic E-state index is 12.4. The molecule has 8 heteroatoms. The molecule has 7 nitrogen and oxygen atoms in total. The number of nitrogens with zero attached hydrogens (tertiary/aromatic N) is 1. The number of anilines is 1. The van der Waals surface area contributed by atoms with Crippen LogP contribution in [0.1, 0.15) is 25.0 Å². The molecule has 2 aromatic carbocycles. The molecule has 0 aliphatic carbocycles. The van der Waals surface area contributed by atoms with E-state index in [4.69, 9.17) is 21.6 Å². The fourth-order valence-electron chi connectivity index (χ4n) is 2.26. The molecule has 2 amide bonds. The summed E-state index contributed by atoms with van der Waals surface area (Å²) in [6.07, 6.45) is 0.305. The Morgan fingerprint density at radius 1 is 1.17 bits per heavy atom. The van der Waals surface area contributed by atoms with Gasteiger partial charge in [0.15, 0.2) is 6.10 Å². The van der Waals surface area contributed by atoms with Crippen LogP contribution in [0.2, 0.25) is 5.02 Å². The molecule has 2 rings (SSSR count). The van der Waals surface area contributed by atoms with Crippen LogP contribution in [0.15, 0.2) is 54.2 Å². The second kappa shape index (κ2) is 10.1. The average Bonchev–Trinajstić information content (AvgIpc) is 2.68. The summed E-state index contributed by atoms with van der Waals surface area (Å²) in [5.74, 6) is -1.90. The van der Waals surface area contributed by atoms with E-state index in [1.807, 2.05) is 12.1 Å². The van der Waals surface area contributed by atoms with Gasteiger partial charge in [0.2, 0.25) is 5.91 Å². The van der Waals surface area contributed by atoms with Crippen LogP contribution in [0.3, 0.4) is 0 Å². The van der Waals surface area contributed by atoms with Gasteiger partial charge in [0.1, 0.15) is 11.8 Å². The number of amides is 2. The Morgan fingerprint density at radius 3 is 2.45 bits per heavy atom.